The molecule has 0 bridgehead atoms. The quantitative estimate of drug-likeness (QED) is 0.434. The Morgan fingerprint density at radius 1 is 1.30 bits per heavy atom. The number of nitrogens with zero attached hydrogens (tertiary/aromatic N) is 3. The molecule has 2 heterocycles. The third-order valence-corrected chi connectivity index (χ3v) is 3.75. The molecule has 1 aliphatic heterocycles. The van der Waals surface area contributed by atoms with Crippen LogP contribution in [0.1, 0.15) is 32.3 Å². The molecule has 23 heavy (non-hydrogen) atoms. The summed E-state index contributed by atoms with van der Waals surface area (Å²) >= 11 is 0. The Balaban J connectivity index is 1.90. The molecule has 1 aromatic rings. The molecule has 0 radical (unpaired) electrons. The number of guanidine groups is 1. The van der Waals surface area contributed by atoms with Gasteiger partial charge in [-0.3, -0.25) is 0 Å². The number of hydrogen-bond acceptors (Lipinski definition) is 4. The van der Waals surface area contributed by atoms with Crippen LogP contribution in [0.5, 0.6) is 0 Å². The van der Waals surface area contributed by atoms with E-state index in [1.165, 1.54) is 18.4 Å². The van der Waals surface area contributed by atoms with Crippen molar-refractivity contribution in [3.8, 4) is 0 Å². The van der Waals surface area contributed by atoms with Crippen LogP contribution in [-0.2, 0) is 11.3 Å². The van der Waals surface area contributed by atoms with E-state index in [4.69, 9.17) is 4.74 Å². The number of pyridine rings is 1. The van der Waals surface area contributed by atoms with E-state index in [0.29, 0.717) is 13.2 Å². The van der Waals surface area contributed by atoms with Crippen LogP contribution >= 0.6 is 0 Å². The van der Waals surface area contributed by atoms with Crippen molar-refractivity contribution in [2.45, 2.75) is 33.2 Å². The first-order valence-corrected chi connectivity index (χ1v) is 8.63. The second-order valence-electron chi connectivity index (χ2n) is 5.54. The minimum absolute atomic E-state index is 0.646. The summed E-state index contributed by atoms with van der Waals surface area (Å²) in [6.45, 7) is 9.97. The van der Waals surface area contributed by atoms with Crippen LogP contribution in [0, 0.1) is 0 Å². The molecule has 0 spiro atoms. The number of hydrogen-bond donors (Lipinski definition) is 2. The number of anilines is 1. The molecule has 6 heteroatoms. The minimum Gasteiger partial charge on any atom is -0.380 e. The molecule has 1 aromatic heterocycles. The second kappa shape index (κ2) is 10.0. The average molecular weight is 319 g/mol. The molecule has 1 saturated heterocycles. The molecule has 0 atom stereocenters. The Kier molecular flexibility index (Phi) is 7.66. The normalized spacial score (nSPS) is 15.0. The summed E-state index contributed by atoms with van der Waals surface area (Å²) < 4.78 is 5.34. The minimum atomic E-state index is 0.646. The van der Waals surface area contributed by atoms with Crippen molar-refractivity contribution in [2.24, 2.45) is 4.99 Å². The lowest BCUT2D eigenvalue weighted by Crippen LogP contribution is -2.39. The Bertz CT molecular complexity index is 486. The van der Waals surface area contributed by atoms with Gasteiger partial charge in [-0.25, -0.2) is 9.98 Å². The van der Waals surface area contributed by atoms with Crippen molar-refractivity contribution in [3.63, 3.8) is 0 Å². The van der Waals surface area contributed by atoms with Crippen molar-refractivity contribution >= 4 is 11.8 Å². The van der Waals surface area contributed by atoms with Crippen molar-refractivity contribution in [1.82, 2.24) is 15.6 Å². The monoisotopic (exact) mass is 319 g/mol. The van der Waals surface area contributed by atoms with Crippen LogP contribution in [0.3, 0.4) is 0 Å². The molecule has 0 aromatic carbocycles. The summed E-state index contributed by atoms with van der Waals surface area (Å²) in [7, 11) is 0. The van der Waals surface area contributed by atoms with Crippen LogP contribution in [0.25, 0.3) is 0 Å². The van der Waals surface area contributed by atoms with E-state index in [2.05, 4.69) is 38.5 Å². The van der Waals surface area contributed by atoms with Gasteiger partial charge in [-0.05, 0) is 44.4 Å². The number of aromatic nitrogens is 1. The van der Waals surface area contributed by atoms with Gasteiger partial charge in [0.1, 0.15) is 5.82 Å². The zero-order chi connectivity index (χ0) is 16.3. The van der Waals surface area contributed by atoms with Crippen LogP contribution in [0.15, 0.2) is 23.3 Å². The van der Waals surface area contributed by atoms with E-state index in [1.54, 1.807) is 0 Å². The van der Waals surface area contributed by atoms with Crippen molar-refractivity contribution in [3.05, 3.63) is 23.9 Å². The third-order valence-electron chi connectivity index (χ3n) is 3.75. The van der Waals surface area contributed by atoms with Gasteiger partial charge >= 0.3 is 0 Å². The molecule has 0 saturated carbocycles. The predicted octanol–water partition coefficient (Wildman–Crippen LogP) is 1.77. The average Bonchev–Trinajstić information content (AvgIpc) is 3.11. The third kappa shape index (κ3) is 6.06. The van der Waals surface area contributed by atoms with Crippen LogP contribution in [0.2, 0.25) is 0 Å². The van der Waals surface area contributed by atoms with Gasteiger partial charge in [0.05, 0.1) is 13.2 Å². The molecule has 2 rings (SSSR count). The van der Waals surface area contributed by atoms with E-state index in [9.17, 15) is 0 Å². The standard InChI is InChI=1S/C17H29N5O/c1-3-18-17(20-9-12-23-4-2)21-14-15-7-8-19-16(13-15)22-10-5-6-11-22/h7-8,13H,3-6,9-12,14H2,1-2H3,(H2,18,20,21). The Morgan fingerprint density at radius 2 is 2.13 bits per heavy atom. The molecule has 1 fully saturated rings. The van der Waals surface area contributed by atoms with Crippen molar-refractivity contribution in [2.75, 3.05) is 44.3 Å². The maximum absolute atomic E-state index is 5.34. The summed E-state index contributed by atoms with van der Waals surface area (Å²) in [6, 6.07) is 4.19. The highest BCUT2D eigenvalue weighted by Crippen LogP contribution is 2.18. The maximum Gasteiger partial charge on any atom is 0.191 e. The molecular formula is C17H29N5O. The Morgan fingerprint density at radius 3 is 2.87 bits per heavy atom. The summed E-state index contributed by atoms with van der Waals surface area (Å²) in [4.78, 5) is 11.5. The first-order valence-electron chi connectivity index (χ1n) is 8.63. The highest BCUT2D eigenvalue weighted by Gasteiger charge is 2.13. The SMILES string of the molecule is CCNC(=NCc1ccnc(N2CCCC2)c1)NCCOCC. The molecule has 0 unspecified atom stereocenters. The summed E-state index contributed by atoms with van der Waals surface area (Å²) in [6.07, 6.45) is 4.41. The van der Waals surface area contributed by atoms with E-state index < -0.39 is 0 Å². The highest BCUT2D eigenvalue weighted by molar-refractivity contribution is 5.79. The van der Waals surface area contributed by atoms with Crippen LogP contribution in [-0.4, -0.2) is 50.3 Å². The number of rotatable bonds is 8. The number of aliphatic imine (C=N–C) groups is 1. The van der Waals surface area contributed by atoms with Crippen molar-refractivity contribution < 1.29 is 4.74 Å². The fourth-order valence-corrected chi connectivity index (χ4v) is 2.58. The van der Waals surface area contributed by atoms with Gasteiger partial charge in [0.25, 0.3) is 0 Å². The molecular weight excluding hydrogens is 290 g/mol. The lowest BCUT2D eigenvalue weighted by molar-refractivity contribution is 0.152. The van der Waals surface area contributed by atoms with Crippen LogP contribution < -0.4 is 15.5 Å². The largest absolute Gasteiger partial charge is 0.380 e. The van der Waals surface area contributed by atoms with Gasteiger partial charge in [-0.2, -0.15) is 0 Å². The molecule has 1 aliphatic rings. The van der Waals surface area contributed by atoms with Gasteiger partial charge in [0, 0.05) is 39.0 Å². The smallest absolute Gasteiger partial charge is 0.191 e. The van der Waals surface area contributed by atoms with Gasteiger partial charge in [-0.15, -0.1) is 0 Å². The van der Waals surface area contributed by atoms with Gasteiger partial charge < -0.3 is 20.3 Å². The second-order valence-corrected chi connectivity index (χ2v) is 5.54. The van der Waals surface area contributed by atoms with Crippen molar-refractivity contribution in [1.29, 1.82) is 0 Å². The first-order chi connectivity index (χ1) is 11.3. The van der Waals surface area contributed by atoms with Crippen LogP contribution in [0.4, 0.5) is 5.82 Å². The van der Waals surface area contributed by atoms with E-state index in [1.807, 2.05) is 19.2 Å². The summed E-state index contributed by atoms with van der Waals surface area (Å²) in [5, 5.41) is 6.54. The lowest BCUT2D eigenvalue weighted by Gasteiger charge is -2.16. The molecule has 6 nitrogen and oxygen atoms in total. The fourth-order valence-electron chi connectivity index (χ4n) is 2.58. The van der Waals surface area contributed by atoms with E-state index in [-0.39, 0.29) is 0 Å². The zero-order valence-corrected chi connectivity index (χ0v) is 14.3. The molecule has 2 N–H and O–H groups in total. The number of ether oxygens (including phenoxy) is 1. The van der Waals surface area contributed by atoms with Gasteiger partial charge in [0.2, 0.25) is 0 Å². The fraction of sp³-hybridized carbons (Fsp3) is 0.647. The molecule has 128 valence electrons. The molecule has 0 amide bonds. The summed E-state index contributed by atoms with van der Waals surface area (Å²) in [5.74, 6) is 1.90. The first kappa shape index (κ1) is 17.5. The van der Waals surface area contributed by atoms with E-state index >= 15 is 0 Å². The highest BCUT2D eigenvalue weighted by atomic mass is 16.5. The number of nitrogens with one attached hydrogen (secondary N) is 2. The topological polar surface area (TPSA) is 61.8 Å². The summed E-state index contributed by atoms with van der Waals surface area (Å²) in [5.41, 5.74) is 1.18. The van der Waals surface area contributed by atoms with Gasteiger partial charge in [-0.1, -0.05) is 0 Å². The molecule has 0 aliphatic carbocycles. The predicted molar refractivity (Wildman–Crippen MR) is 95.0 cm³/mol. The zero-order valence-electron chi connectivity index (χ0n) is 14.3. The Labute approximate surface area is 139 Å². The Hall–Kier alpha value is -1.82. The van der Waals surface area contributed by atoms with E-state index in [0.717, 1.165) is 44.6 Å². The maximum atomic E-state index is 5.34. The lowest BCUT2D eigenvalue weighted by atomic mass is 10.2. The van der Waals surface area contributed by atoms with Gasteiger partial charge in [0.15, 0.2) is 5.96 Å².